The highest BCUT2D eigenvalue weighted by Crippen LogP contribution is 2.40. The Morgan fingerprint density at radius 1 is 1.11 bits per heavy atom. The average Bonchev–Trinajstić information content (AvgIpc) is 3.13. The number of nitro groups is 1. The van der Waals surface area contributed by atoms with Gasteiger partial charge in [-0.15, -0.1) is 0 Å². The van der Waals surface area contributed by atoms with Crippen molar-refractivity contribution in [2.24, 2.45) is 4.99 Å². The Hall–Kier alpha value is -3.83. The topological polar surface area (TPSA) is 93.8 Å². The van der Waals surface area contributed by atoms with E-state index in [1.165, 1.54) is 12.1 Å². The van der Waals surface area contributed by atoms with Crippen LogP contribution in [0.4, 0.5) is 24.5 Å². The summed E-state index contributed by atoms with van der Waals surface area (Å²) in [6.07, 6.45) is -3.17. The highest BCUT2D eigenvalue weighted by molar-refractivity contribution is 8.18. The molecule has 0 atom stereocenters. The second kappa shape index (κ2) is 10.0. The highest BCUT2D eigenvalue weighted by Gasteiger charge is 2.33. The number of benzene rings is 3. The zero-order valence-electron chi connectivity index (χ0n) is 18.3. The van der Waals surface area contributed by atoms with Gasteiger partial charge in [0.15, 0.2) is 5.17 Å². The third-order valence-corrected chi connectivity index (χ3v) is 6.04. The first-order valence-corrected chi connectivity index (χ1v) is 11.4. The maximum Gasteiger partial charge on any atom is 0.416 e. The lowest BCUT2D eigenvalue weighted by molar-refractivity contribution is -0.385. The summed E-state index contributed by atoms with van der Waals surface area (Å²) in [5.74, 6) is -0.751. The van der Waals surface area contributed by atoms with Crippen LogP contribution in [-0.2, 0) is 11.0 Å². The molecule has 0 aliphatic carbocycles. The number of amidine groups is 1. The van der Waals surface area contributed by atoms with Gasteiger partial charge in [0.05, 0.1) is 26.1 Å². The SMILES string of the molecule is Cc1cccc(N=C2NC(=O)/C(=C/c3ccc(Oc4ccc(C(F)(F)F)cc4[N+](=O)[O-])c(Cl)c3)S2)c1. The number of nitrogens with one attached hydrogen (secondary N) is 1. The number of thioether (sulfide) groups is 1. The Morgan fingerprint density at radius 2 is 1.86 bits per heavy atom. The number of halogens is 4. The Kier molecular flexibility index (Phi) is 7.04. The number of hydrogen-bond donors (Lipinski definition) is 1. The molecule has 1 N–H and O–H groups in total. The maximum absolute atomic E-state index is 12.9. The van der Waals surface area contributed by atoms with E-state index in [0.717, 1.165) is 23.4 Å². The molecular weight excluding hydrogens is 519 g/mol. The van der Waals surface area contributed by atoms with Crippen LogP contribution in [0.2, 0.25) is 5.02 Å². The Bertz CT molecular complexity index is 1440. The van der Waals surface area contributed by atoms with Crippen molar-refractivity contribution in [1.82, 2.24) is 5.32 Å². The number of ether oxygens (including phenoxy) is 1. The number of nitrogens with zero attached hydrogens (tertiary/aromatic N) is 2. The Labute approximate surface area is 211 Å². The fraction of sp³-hybridized carbons (Fsp3) is 0.0833. The minimum Gasteiger partial charge on any atom is -0.449 e. The lowest BCUT2D eigenvalue weighted by atomic mass is 10.1. The average molecular weight is 534 g/mol. The van der Waals surface area contributed by atoms with Crippen molar-refractivity contribution in [3.8, 4) is 11.5 Å². The van der Waals surface area contributed by atoms with Crippen molar-refractivity contribution in [3.63, 3.8) is 0 Å². The molecular formula is C24H15ClF3N3O4S. The molecule has 4 rings (SSSR count). The molecule has 1 aliphatic rings. The van der Waals surface area contributed by atoms with Crippen molar-refractivity contribution < 1.29 is 27.6 Å². The summed E-state index contributed by atoms with van der Waals surface area (Å²) in [7, 11) is 0. The molecule has 0 aromatic heterocycles. The summed E-state index contributed by atoms with van der Waals surface area (Å²) in [6.45, 7) is 1.93. The Morgan fingerprint density at radius 3 is 2.53 bits per heavy atom. The van der Waals surface area contributed by atoms with E-state index in [9.17, 15) is 28.1 Å². The summed E-state index contributed by atoms with van der Waals surface area (Å²) in [5, 5.41) is 14.4. The van der Waals surface area contributed by atoms with E-state index in [4.69, 9.17) is 16.3 Å². The number of aliphatic imine (C=N–C) groups is 1. The summed E-state index contributed by atoms with van der Waals surface area (Å²) in [6, 6.07) is 13.8. The first kappa shape index (κ1) is 25.3. The third kappa shape index (κ3) is 5.86. The summed E-state index contributed by atoms with van der Waals surface area (Å²) >= 11 is 7.40. The number of hydrogen-bond acceptors (Lipinski definition) is 6. The van der Waals surface area contributed by atoms with E-state index >= 15 is 0 Å². The van der Waals surface area contributed by atoms with E-state index in [-0.39, 0.29) is 16.7 Å². The van der Waals surface area contributed by atoms with Gasteiger partial charge in [0.1, 0.15) is 5.75 Å². The molecule has 1 heterocycles. The zero-order chi connectivity index (χ0) is 26.0. The van der Waals surface area contributed by atoms with Crippen LogP contribution in [-0.4, -0.2) is 16.0 Å². The molecule has 1 aliphatic heterocycles. The highest BCUT2D eigenvalue weighted by atomic mass is 35.5. The molecule has 1 saturated heterocycles. The van der Waals surface area contributed by atoms with Gasteiger partial charge < -0.3 is 10.1 Å². The Balaban J connectivity index is 1.55. The predicted octanol–water partition coefficient (Wildman–Crippen LogP) is 7.26. The van der Waals surface area contributed by atoms with Crippen LogP contribution in [0, 0.1) is 17.0 Å². The van der Waals surface area contributed by atoms with Crippen molar-refractivity contribution in [2.75, 3.05) is 0 Å². The number of amides is 1. The predicted molar refractivity (Wildman–Crippen MR) is 132 cm³/mol. The van der Waals surface area contributed by atoms with E-state index in [1.807, 2.05) is 31.2 Å². The van der Waals surface area contributed by atoms with Gasteiger partial charge in [0.25, 0.3) is 5.91 Å². The van der Waals surface area contributed by atoms with Crippen LogP contribution in [0.15, 0.2) is 70.6 Å². The summed E-state index contributed by atoms with van der Waals surface area (Å²) in [4.78, 5) is 27.5. The molecule has 1 fully saturated rings. The van der Waals surface area contributed by atoms with Crippen LogP contribution in [0.25, 0.3) is 6.08 Å². The van der Waals surface area contributed by atoms with Gasteiger partial charge in [0, 0.05) is 6.07 Å². The number of rotatable bonds is 5. The summed E-state index contributed by atoms with van der Waals surface area (Å²) in [5.41, 5.74) is 0.226. The zero-order valence-corrected chi connectivity index (χ0v) is 19.9. The van der Waals surface area contributed by atoms with Crippen molar-refractivity contribution in [2.45, 2.75) is 13.1 Å². The fourth-order valence-electron chi connectivity index (χ4n) is 3.18. The molecule has 0 unspecified atom stereocenters. The van der Waals surface area contributed by atoms with E-state index < -0.39 is 28.1 Å². The van der Waals surface area contributed by atoms with Gasteiger partial charge in [-0.1, -0.05) is 29.8 Å². The summed E-state index contributed by atoms with van der Waals surface area (Å²) < 4.78 is 44.2. The molecule has 36 heavy (non-hydrogen) atoms. The van der Waals surface area contributed by atoms with Crippen molar-refractivity contribution in [1.29, 1.82) is 0 Å². The second-order valence-corrected chi connectivity index (χ2v) is 8.99. The first-order chi connectivity index (χ1) is 17.0. The number of nitro benzene ring substituents is 1. The molecule has 0 spiro atoms. The van der Waals surface area contributed by atoms with Crippen LogP contribution in [0.3, 0.4) is 0 Å². The number of alkyl halides is 3. The normalized spacial score (nSPS) is 15.9. The van der Waals surface area contributed by atoms with Crippen molar-refractivity contribution >= 4 is 51.9 Å². The molecule has 0 radical (unpaired) electrons. The van der Waals surface area contributed by atoms with Crippen LogP contribution < -0.4 is 10.1 Å². The largest absolute Gasteiger partial charge is 0.449 e. The monoisotopic (exact) mass is 533 g/mol. The molecule has 3 aromatic carbocycles. The smallest absolute Gasteiger partial charge is 0.416 e. The van der Waals surface area contributed by atoms with E-state index in [0.29, 0.717) is 33.5 Å². The number of carbonyl (C=O) groups excluding carboxylic acids is 1. The molecule has 12 heteroatoms. The molecule has 7 nitrogen and oxygen atoms in total. The lowest BCUT2D eigenvalue weighted by Crippen LogP contribution is -2.19. The molecule has 184 valence electrons. The molecule has 3 aromatic rings. The van der Waals surface area contributed by atoms with Gasteiger partial charge >= 0.3 is 11.9 Å². The van der Waals surface area contributed by atoms with Gasteiger partial charge in [-0.3, -0.25) is 14.9 Å². The number of aryl methyl sites for hydroxylation is 1. The second-order valence-electron chi connectivity index (χ2n) is 7.55. The third-order valence-electron chi connectivity index (χ3n) is 4.84. The quantitative estimate of drug-likeness (QED) is 0.212. The minimum absolute atomic E-state index is 0.00750. The first-order valence-electron chi connectivity index (χ1n) is 10.2. The molecule has 1 amide bonds. The van der Waals surface area contributed by atoms with Crippen LogP contribution in [0.5, 0.6) is 11.5 Å². The maximum atomic E-state index is 12.9. The van der Waals surface area contributed by atoms with Gasteiger partial charge in [-0.25, -0.2) is 4.99 Å². The van der Waals surface area contributed by atoms with Gasteiger partial charge in [-0.05, 0) is 72.3 Å². The van der Waals surface area contributed by atoms with Crippen LogP contribution >= 0.6 is 23.4 Å². The van der Waals surface area contributed by atoms with Crippen molar-refractivity contribution in [3.05, 3.63) is 97.4 Å². The fourth-order valence-corrected chi connectivity index (χ4v) is 4.25. The molecule has 0 bridgehead atoms. The van der Waals surface area contributed by atoms with E-state index in [2.05, 4.69) is 10.3 Å². The van der Waals surface area contributed by atoms with Crippen LogP contribution in [0.1, 0.15) is 16.7 Å². The number of carbonyl (C=O) groups is 1. The minimum atomic E-state index is -4.74. The lowest BCUT2D eigenvalue weighted by Gasteiger charge is -2.11. The van der Waals surface area contributed by atoms with Gasteiger partial charge in [0.2, 0.25) is 5.75 Å². The van der Waals surface area contributed by atoms with Gasteiger partial charge in [-0.2, -0.15) is 13.2 Å². The standard InChI is InChI=1S/C24H15ClF3N3O4S/c1-13-3-2-4-16(9-13)29-23-30-22(32)21(36-23)11-14-5-7-19(17(25)10-14)35-20-8-6-15(24(26,27)28)12-18(20)31(33)34/h2-12H,1H3,(H,29,30,32)/b21-11-. The molecule has 0 saturated carbocycles. The van der Waals surface area contributed by atoms with E-state index in [1.54, 1.807) is 12.1 Å².